The summed E-state index contributed by atoms with van der Waals surface area (Å²) in [6, 6.07) is 5.77. The molecule has 2 rings (SSSR count). The highest BCUT2D eigenvalue weighted by Gasteiger charge is 2.24. The van der Waals surface area contributed by atoms with Crippen LogP contribution in [0.15, 0.2) is 18.2 Å². The number of ether oxygens (including phenoxy) is 1. The van der Waals surface area contributed by atoms with Crippen molar-refractivity contribution in [1.29, 1.82) is 0 Å². The van der Waals surface area contributed by atoms with Crippen LogP contribution in [0.4, 0.5) is 11.4 Å². The molecule has 1 aliphatic rings. The molecule has 0 radical (unpaired) electrons. The Kier molecular flexibility index (Phi) is 3.80. The summed E-state index contributed by atoms with van der Waals surface area (Å²) in [4.78, 5) is 14.1. The summed E-state index contributed by atoms with van der Waals surface area (Å²) in [6.07, 6.45) is 1.98. The van der Waals surface area contributed by atoms with Crippen molar-refractivity contribution in [3.05, 3.63) is 23.8 Å². The first-order valence-corrected chi connectivity index (χ1v) is 6.69. The summed E-state index contributed by atoms with van der Waals surface area (Å²) in [7, 11) is 0. The third kappa shape index (κ3) is 3.47. The summed E-state index contributed by atoms with van der Waals surface area (Å²) in [5.74, 6) is 0.00137. The van der Waals surface area contributed by atoms with Crippen molar-refractivity contribution in [2.24, 2.45) is 0 Å². The minimum absolute atomic E-state index is 0.00137. The number of fused-ring (bicyclic) bond motifs is 1. The van der Waals surface area contributed by atoms with Crippen molar-refractivity contribution < 1.29 is 9.53 Å². The smallest absolute Gasteiger partial charge is 0.253 e. The number of carbonyl (C=O) groups excluding carboxylic acids is 1. The first-order chi connectivity index (χ1) is 8.87. The fourth-order valence-corrected chi connectivity index (χ4v) is 2.21. The van der Waals surface area contributed by atoms with E-state index in [1.54, 1.807) is 4.90 Å². The number of nitrogens with two attached hydrogens (primary N) is 1. The lowest BCUT2D eigenvalue weighted by atomic mass is 10.0. The van der Waals surface area contributed by atoms with Crippen LogP contribution in [0.5, 0.6) is 0 Å². The number of benzene rings is 1. The lowest BCUT2D eigenvalue weighted by molar-refractivity contribution is -0.128. The zero-order valence-electron chi connectivity index (χ0n) is 11.9. The Morgan fingerprint density at radius 3 is 2.84 bits per heavy atom. The Morgan fingerprint density at radius 2 is 2.16 bits per heavy atom. The second-order valence-corrected chi connectivity index (χ2v) is 5.94. The van der Waals surface area contributed by atoms with Crippen LogP contribution in [0, 0.1) is 0 Å². The molecule has 1 amide bonds. The highest BCUT2D eigenvalue weighted by Crippen LogP contribution is 2.29. The van der Waals surface area contributed by atoms with Crippen molar-refractivity contribution in [3.63, 3.8) is 0 Å². The minimum Gasteiger partial charge on any atom is -0.399 e. The van der Waals surface area contributed by atoms with Gasteiger partial charge in [0.2, 0.25) is 0 Å². The molecule has 0 saturated heterocycles. The van der Waals surface area contributed by atoms with Crippen molar-refractivity contribution in [3.8, 4) is 0 Å². The topological polar surface area (TPSA) is 55.6 Å². The van der Waals surface area contributed by atoms with E-state index in [2.05, 4.69) is 0 Å². The monoisotopic (exact) mass is 262 g/mol. The van der Waals surface area contributed by atoms with E-state index in [1.807, 2.05) is 39.0 Å². The Bertz CT molecular complexity index is 478. The van der Waals surface area contributed by atoms with E-state index in [4.69, 9.17) is 10.5 Å². The third-order valence-electron chi connectivity index (χ3n) is 3.16. The van der Waals surface area contributed by atoms with Crippen LogP contribution < -0.4 is 10.6 Å². The van der Waals surface area contributed by atoms with E-state index in [-0.39, 0.29) is 18.1 Å². The molecule has 0 fully saturated rings. The number of nitrogens with zero attached hydrogens (tertiary/aromatic N) is 1. The summed E-state index contributed by atoms with van der Waals surface area (Å²) in [6.45, 7) is 6.69. The van der Waals surface area contributed by atoms with E-state index >= 15 is 0 Å². The van der Waals surface area contributed by atoms with Gasteiger partial charge in [-0.2, -0.15) is 0 Å². The Balaban J connectivity index is 2.14. The van der Waals surface area contributed by atoms with Crippen LogP contribution in [0.1, 0.15) is 32.8 Å². The van der Waals surface area contributed by atoms with Gasteiger partial charge in [-0.25, -0.2) is 0 Å². The Hall–Kier alpha value is -1.55. The van der Waals surface area contributed by atoms with Crippen molar-refractivity contribution >= 4 is 17.3 Å². The lowest BCUT2D eigenvalue weighted by Gasteiger charge is -2.30. The molecule has 2 N–H and O–H groups in total. The summed E-state index contributed by atoms with van der Waals surface area (Å²) < 4.78 is 5.57. The van der Waals surface area contributed by atoms with Gasteiger partial charge >= 0.3 is 0 Å². The van der Waals surface area contributed by atoms with Crippen LogP contribution in [0.3, 0.4) is 0 Å². The van der Waals surface area contributed by atoms with Gasteiger partial charge in [-0.3, -0.25) is 4.79 Å². The molecule has 104 valence electrons. The van der Waals surface area contributed by atoms with Gasteiger partial charge in [-0.1, -0.05) is 6.07 Å². The fourth-order valence-electron chi connectivity index (χ4n) is 2.21. The maximum atomic E-state index is 12.3. The van der Waals surface area contributed by atoms with E-state index in [0.717, 1.165) is 25.1 Å². The molecule has 0 aliphatic carbocycles. The van der Waals surface area contributed by atoms with Gasteiger partial charge in [0.25, 0.3) is 5.91 Å². The molecule has 0 aromatic heterocycles. The number of rotatable bonds is 2. The fraction of sp³-hybridized carbons (Fsp3) is 0.533. The maximum Gasteiger partial charge on any atom is 0.253 e. The lowest BCUT2D eigenvalue weighted by Crippen LogP contribution is -2.39. The quantitative estimate of drug-likeness (QED) is 0.832. The molecule has 1 aromatic carbocycles. The molecule has 1 heterocycles. The van der Waals surface area contributed by atoms with Gasteiger partial charge in [0, 0.05) is 17.9 Å². The second kappa shape index (κ2) is 5.21. The predicted octanol–water partition coefficient (Wildman–Crippen LogP) is 2.36. The zero-order valence-corrected chi connectivity index (χ0v) is 11.9. The molecule has 0 saturated carbocycles. The molecular weight excluding hydrogens is 240 g/mol. The summed E-state index contributed by atoms with van der Waals surface area (Å²) >= 11 is 0. The number of hydrogen-bond acceptors (Lipinski definition) is 3. The van der Waals surface area contributed by atoms with Crippen LogP contribution in [0.2, 0.25) is 0 Å². The molecule has 4 heteroatoms. The maximum absolute atomic E-state index is 12.3. The van der Waals surface area contributed by atoms with E-state index in [0.29, 0.717) is 5.69 Å². The number of carbonyl (C=O) groups is 1. The third-order valence-corrected chi connectivity index (χ3v) is 3.16. The zero-order chi connectivity index (χ0) is 14.0. The highest BCUT2D eigenvalue weighted by atomic mass is 16.5. The van der Waals surface area contributed by atoms with E-state index in [9.17, 15) is 4.79 Å². The highest BCUT2D eigenvalue weighted by molar-refractivity contribution is 5.96. The number of nitrogen functional groups attached to an aromatic ring is 1. The van der Waals surface area contributed by atoms with Crippen LogP contribution in [0.25, 0.3) is 0 Å². The van der Waals surface area contributed by atoms with Crippen molar-refractivity contribution in [2.75, 3.05) is 23.8 Å². The van der Waals surface area contributed by atoms with Gasteiger partial charge in [-0.05, 0) is 51.3 Å². The van der Waals surface area contributed by atoms with Crippen LogP contribution >= 0.6 is 0 Å². The average Bonchev–Trinajstić information content (AvgIpc) is 2.34. The van der Waals surface area contributed by atoms with Gasteiger partial charge in [0.05, 0.1) is 5.60 Å². The molecule has 0 bridgehead atoms. The molecule has 19 heavy (non-hydrogen) atoms. The SMILES string of the molecule is CC(C)(C)OCC(=O)N1CCCc2ccc(N)cc21. The van der Waals surface area contributed by atoms with Gasteiger partial charge < -0.3 is 15.4 Å². The number of hydrogen-bond donors (Lipinski definition) is 1. The molecule has 0 unspecified atom stereocenters. The Labute approximate surface area is 114 Å². The van der Waals surface area contributed by atoms with Crippen LogP contribution in [-0.2, 0) is 16.0 Å². The molecule has 1 aliphatic heterocycles. The molecular formula is C15H22N2O2. The largest absolute Gasteiger partial charge is 0.399 e. The van der Waals surface area contributed by atoms with Crippen LogP contribution in [-0.4, -0.2) is 24.7 Å². The first kappa shape index (κ1) is 13.9. The standard InChI is InChI=1S/C15H22N2O2/c1-15(2,3)19-10-14(18)17-8-4-5-11-6-7-12(16)9-13(11)17/h6-7,9H,4-5,8,10,16H2,1-3H3. The summed E-state index contributed by atoms with van der Waals surface area (Å²) in [5, 5.41) is 0. The van der Waals surface area contributed by atoms with E-state index < -0.39 is 0 Å². The molecule has 0 spiro atoms. The van der Waals surface area contributed by atoms with Gasteiger partial charge in [-0.15, -0.1) is 0 Å². The number of anilines is 2. The van der Waals surface area contributed by atoms with Gasteiger partial charge in [0.1, 0.15) is 6.61 Å². The molecule has 1 aromatic rings. The van der Waals surface area contributed by atoms with Crippen molar-refractivity contribution in [1.82, 2.24) is 0 Å². The minimum atomic E-state index is -0.302. The normalized spacial score (nSPS) is 15.2. The molecule has 0 atom stereocenters. The van der Waals surface area contributed by atoms with Crippen molar-refractivity contribution in [2.45, 2.75) is 39.2 Å². The average molecular weight is 262 g/mol. The number of amides is 1. The van der Waals surface area contributed by atoms with Gasteiger partial charge in [0.15, 0.2) is 0 Å². The number of aryl methyl sites for hydroxylation is 1. The Morgan fingerprint density at radius 1 is 1.42 bits per heavy atom. The first-order valence-electron chi connectivity index (χ1n) is 6.69. The summed E-state index contributed by atoms with van der Waals surface area (Å²) in [5.41, 5.74) is 8.33. The molecule has 4 nitrogen and oxygen atoms in total. The second-order valence-electron chi connectivity index (χ2n) is 5.94. The van der Waals surface area contributed by atoms with E-state index in [1.165, 1.54) is 5.56 Å². The predicted molar refractivity (Wildman–Crippen MR) is 77.2 cm³/mol.